The van der Waals surface area contributed by atoms with Gasteiger partial charge in [-0.25, -0.2) is 9.18 Å². The van der Waals surface area contributed by atoms with Gasteiger partial charge in [0.2, 0.25) is 0 Å². The topological polar surface area (TPSA) is 66.4 Å². The van der Waals surface area contributed by atoms with Crippen LogP contribution in [0.5, 0.6) is 0 Å². The molecule has 1 rings (SSSR count). The van der Waals surface area contributed by atoms with E-state index in [1.54, 1.807) is 0 Å². The van der Waals surface area contributed by atoms with E-state index in [2.05, 4.69) is 5.32 Å². The van der Waals surface area contributed by atoms with E-state index in [9.17, 15) is 14.0 Å². The van der Waals surface area contributed by atoms with Crippen LogP contribution in [-0.2, 0) is 4.79 Å². The molecule has 0 atom stereocenters. The van der Waals surface area contributed by atoms with E-state index in [1.165, 1.54) is 18.2 Å². The number of unbranched alkanes of at least 4 members (excludes halogenated alkanes) is 1. The first kappa shape index (κ1) is 14.9. The molecule has 102 valence electrons. The minimum absolute atomic E-state index is 0.0800. The Bertz CT molecular complexity index is 497. The highest BCUT2D eigenvalue weighted by molar-refractivity contribution is 5.95. The predicted octanol–water partition coefficient (Wildman–Crippen LogP) is 2.45. The lowest BCUT2D eigenvalue weighted by atomic mass is 10.1. The van der Waals surface area contributed by atoms with Gasteiger partial charge in [-0.3, -0.25) is 4.79 Å². The van der Waals surface area contributed by atoms with Gasteiger partial charge in [0.05, 0.1) is 5.56 Å². The molecule has 0 aliphatic carbocycles. The van der Waals surface area contributed by atoms with Crippen molar-refractivity contribution in [1.29, 1.82) is 0 Å². The first-order valence-corrected chi connectivity index (χ1v) is 6.03. The Kier molecular flexibility index (Phi) is 5.73. The highest BCUT2D eigenvalue weighted by Gasteiger charge is 2.11. The molecule has 0 radical (unpaired) electrons. The lowest BCUT2D eigenvalue weighted by Crippen LogP contribution is -2.25. The zero-order valence-corrected chi connectivity index (χ0v) is 10.6. The van der Waals surface area contributed by atoms with E-state index in [-0.39, 0.29) is 5.56 Å². The molecule has 4 nitrogen and oxygen atoms in total. The number of carboxylic acids is 1. The van der Waals surface area contributed by atoms with Gasteiger partial charge in [-0.1, -0.05) is 19.4 Å². The summed E-state index contributed by atoms with van der Waals surface area (Å²) in [6.07, 6.45) is 4.01. The fraction of sp³-hybridized carbons (Fsp3) is 0.286. The molecule has 19 heavy (non-hydrogen) atoms. The van der Waals surface area contributed by atoms with E-state index < -0.39 is 17.7 Å². The third-order valence-electron chi connectivity index (χ3n) is 2.47. The number of aliphatic carboxylic acids is 1. The number of carboxylic acid groups (broad SMARTS) is 1. The van der Waals surface area contributed by atoms with Crippen molar-refractivity contribution in [3.05, 3.63) is 41.2 Å². The van der Waals surface area contributed by atoms with E-state index in [0.29, 0.717) is 12.1 Å². The summed E-state index contributed by atoms with van der Waals surface area (Å²) in [6, 6.07) is 3.89. The lowest BCUT2D eigenvalue weighted by Gasteiger charge is -2.06. The molecular weight excluding hydrogens is 249 g/mol. The SMILES string of the molecule is CCCCNC(=O)c1cc(/C=C/C(=O)O)ccc1F. The molecule has 1 amide bonds. The average Bonchev–Trinajstić information content (AvgIpc) is 2.37. The number of carbonyl (C=O) groups excluding carboxylic acids is 1. The van der Waals surface area contributed by atoms with Crippen molar-refractivity contribution in [1.82, 2.24) is 5.32 Å². The molecule has 0 heterocycles. The van der Waals surface area contributed by atoms with Crippen LogP contribution in [0.1, 0.15) is 35.7 Å². The minimum Gasteiger partial charge on any atom is -0.478 e. The maximum atomic E-state index is 13.5. The molecule has 1 aromatic rings. The van der Waals surface area contributed by atoms with E-state index >= 15 is 0 Å². The molecule has 1 aromatic carbocycles. The van der Waals surface area contributed by atoms with Crippen molar-refractivity contribution >= 4 is 18.0 Å². The van der Waals surface area contributed by atoms with E-state index in [1.807, 2.05) is 6.92 Å². The molecule has 5 heteroatoms. The van der Waals surface area contributed by atoms with Crippen LogP contribution in [0.25, 0.3) is 6.08 Å². The Morgan fingerprint density at radius 3 is 2.79 bits per heavy atom. The van der Waals surface area contributed by atoms with Crippen molar-refractivity contribution in [2.75, 3.05) is 6.54 Å². The van der Waals surface area contributed by atoms with Gasteiger partial charge in [0.15, 0.2) is 0 Å². The highest BCUT2D eigenvalue weighted by Crippen LogP contribution is 2.12. The molecule has 0 saturated heterocycles. The fourth-order valence-electron chi connectivity index (χ4n) is 1.46. The number of rotatable bonds is 6. The summed E-state index contributed by atoms with van der Waals surface area (Å²) in [7, 11) is 0. The van der Waals surface area contributed by atoms with Crippen molar-refractivity contribution in [2.45, 2.75) is 19.8 Å². The van der Waals surface area contributed by atoms with Crippen molar-refractivity contribution in [3.8, 4) is 0 Å². The number of benzene rings is 1. The van der Waals surface area contributed by atoms with Crippen LogP contribution in [-0.4, -0.2) is 23.5 Å². The van der Waals surface area contributed by atoms with Gasteiger partial charge >= 0.3 is 5.97 Å². The third kappa shape index (κ3) is 4.91. The number of halogens is 1. The van der Waals surface area contributed by atoms with Crippen molar-refractivity contribution in [2.24, 2.45) is 0 Å². The fourth-order valence-corrected chi connectivity index (χ4v) is 1.46. The van der Waals surface area contributed by atoms with Crippen molar-refractivity contribution < 1.29 is 19.1 Å². The maximum Gasteiger partial charge on any atom is 0.328 e. The van der Waals surface area contributed by atoms with Crippen molar-refractivity contribution in [3.63, 3.8) is 0 Å². The van der Waals surface area contributed by atoms with E-state index in [0.717, 1.165) is 25.0 Å². The van der Waals surface area contributed by atoms with Gasteiger partial charge in [0.25, 0.3) is 5.91 Å². The number of nitrogens with one attached hydrogen (secondary N) is 1. The van der Waals surface area contributed by atoms with E-state index in [4.69, 9.17) is 5.11 Å². The quantitative estimate of drug-likeness (QED) is 0.613. The smallest absolute Gasteiger partial charge is 0.328 e. The summed E-state index contributed by atoms with van der Waals surface area (Å²) in [4.78, 5) is 22.1. The molecule has 0 unspecified atom stereocenters. The molecule has 0 saturated carbocycles. The first-order chi connectivity index (χ1) is 9.04. The molecule has 0 fully saturated rings. The number of carbonyl (C=O) groups is 2. The number of amides is 1. The number of hydrogen-bond acceptors (Lipinski definition) is 2. The van der Waals surface area contributed by atoms with Gasteiger partial charge in [-0.15, -0.1) is 0 Å². The summed E-state index contributed by atoms with van der Waals surface area (Å²) in [6.45, 7) is 2.48. The number of hydrogen-bond donors (Lipinski definition) is 2. The van der Waals surface area contributed by atoms with Gasteiger partial charge < -0.3 is 10.4 Å². The van der Waals surface area contributed by atoms with Gasteiger partial charge in [-0.05, 0) is 30.2 Å². The van der Waals surface area contributed by atoms with Crippen LogP contribution >= 0.6 is 0 Å². The highest BCUT2D eigenvalue weighted by atomic mass is 19.1. The monoisotopic (exact) mass is 265 g/mol. The molecule has 0 aliphatic heterocycles. The molecule has 0 spiro atoms. The van der Waals surface area contributed by atoms with Crippen LogP contribution in [0.15, 0.2) is 24.3 Å². The first-order valence-electron chi connectivity index (χ1n) is 6.03. The summed E-state index contributed by atoms with van der Waals surface area (Å²) in [5, 5.41) is 11.1. The summed E-state index contributed by atoms with van der Waals surface area (Å²) in [5.41, 5.74) is 0.382. The summed E-state index contributed by atoms with van der Waals surface area (Å²) >= 11 is 0. The molecule has 2 N–H and O–H groups in total. The molecular formula is C14H16FNO3. The zero-order valence-electron chi connectivity index (χ0n) is 10.6. The minimum atomic E-state index is -1.10. The largest absolute Gasteiger partial charge is 0.478 e. The van der Waals surface area contributed by atoms with Gasteiger partial charge in [0, 0.05) is 12.6 Å². The van der Waals surface area contributed by atoms with Crippen LogP contribution < -0.4 is 5.32 Å². The normalized spacial score (nSPS) is 10.6. The van der Waals surface area contributed by atoms with Crippen LogP contribution in [0, 0.1) is 5.82 Å². The second-order valence-corrected chi connectivity index (χ2v) is 4.02. The standard InChI is InChI=1S/C14H16FNO3/c1-2-3-8-16-14(19)11-9-10(4-6-12(11)15)5-7-13(17)18/h4-7,9H,2-3,8H2,1H3,(H,16,19)(H,17,18)/b7-5+. The predicted molar refractivity (Wildman–Crippen MR) is 70.3 cm³/mol. The molecule has 0 bridgehead atoms. The second-order valence-electron chi connectivity index (χ2n) is 4.02. The Morgan fingerprint density at radius 2 is 2.16 bits per heavy atom. The Labute approximate surface area is 110 Å². The van der Waals surface area contributed by atoms with Crippen LogP contribution in [0.2, 0.25) is 0 Å². The van der Waals surface area contributed by atoms with Gasteiger partial charge in [-0.2, -0.15) is 0 Å². The summed E-state index contributed by atoms with van der Waals surface area (Å²) < 4.78 is 13.5. The van der Waals surface area contributed by atoms with Crippen LogP contribution in [0.3, 0.4) is 0 Å². The Hall–Kier alpha value is -2.17. The second kappa shape index (κ2) is 7.31. The Morgan fingerprint density at radius 1 is 1.42 bits per heavy atom. The summed E-state index contributed by atoms with van der Waals surface area (Å²) in [5.74, 6) is -2.21. The maximum absolute atomic E-state index is 13.5. The average molecular weight is 265 g/mol. The van der Waals surface area contributed by atoms with Crippen LogP contribution in [0.4, 0.5) is 4.39 Å². The third-order valence-corrected chi connectivity index (χ3v) is 2.47. The zero-order chi connectivity index (χ0) is 14.3. The van der Waals surface area contributed by atoms with Gasteiger partial charge in [0.1, 0.15) is 5.82 Å². The molecule has 0 aromatic heterocycles. The Balaban J connectivity index is 2.84. The lowest BCUT2D eigenvalue weighted by molar-refractivity contribution is -0.131. The molecule has 0 aliphatic rings.